The molecule has 15 heteroatoms. The van der Waals surface area contributed by atoms with Gasteiger partial charge in [0.15, 0.2) is 17.3 Å². The van der Waals surface area contributed by atoms with Crippen molar-refractivity contribution in [3.63, 3.8) is 0 Å². The monoisotopic (exact) mass is 438 g/mol. The van der Waals surface area contributed by atoms with Crippen LogP contribution in [0.25, 0.3) is 5.52 Å². The third-order valence-corrected chi connectivity index (χ3v) is 7.83. The number of hydrogen-bond donors (Lipinski definition) is 6. The number of anilines is 1. The summed E-state index contributed by atoms with van der Waals surface area (Å²) in [5, 5.41) is 25.5. The molecule has 0 spiro atoms. The van der Waals surface area contributed by atoms with E-state index in [0.717, 1.165) is 0 Å². The molecule has 0 radical (unpaired) electrons. The lowest BCUT2D eigenvalue weighted by Crippen LogP contribution is -2.42. The van der Waals surface area contributed by atoms with Crippen molar-refractivity contribution in [2.24, 2.45) is 0 Å². The highest BCUT2D eigenvalue weighted by molar-refractivity contribution is 7.70. The maximum atomic E-state index is 11.6. The molecule has 0 aliphatic carbocycles. The van der Waals surface area contributed by atoms with Gasteiger partial charge in [-0.15, -0.1) is 0 Å². The van der Waals surface area contributed by atoms with Gasteiger partial charge in [-0.05, 0) is 12.1 Å². The number of hydrogen-bond acceptors (Lipinski definition) is 9. The van der Waals surface area contributed by atoms with E-state index < -0.39 is 45.5 Å². The molecule has 4 atom stereocenters. The van der Waals surface area contributed by atoms with E-state index in [1.807, 2.05) is 0 Å². The summed E-state index contributed by atoms with van der Waals surface area (Å²) in [5.41, 5.74) is 4.58. The number of aromatic nitrogens is 3. The predicted octanol–water partition coefficient (Wildman–Crippen LogP) is -1.01. The Morgan fingerprint density at radius 3 is 2.75 bits per heavy atom. The summed E-state index contributed by atoms with van der Waals surface area (Å²) in [6.07, 6.45) is -1.28. The molecule has 156 valence electrons. The second-order valence-electron chi connectivity index (χ2n) is 6.44. The molecule has 0 amide bonds. The first-order valence-electron chi connectivity index (χ1n) is 8.05. The van der Waals surface area contributed by atoms with Gasteiger partial charge in [0.25, 0.3) is 0 Å². The average molecular weight is 438 g/mol. The van der Waals surface area contributed by atoms with E-state index >= 15 is 0 Å². The maximum absolute atomic E-state index is 11.6. The molecule has 0 aromatic carbocycles. The van der Waals surface area contributed by atoms with Gasteiger partial charge in [0.2, 0.25) is 0 Å². The maximum Gasteiger partial charge on any atom is 0.340 e. The largest absolute Gasteiger partial charge is 0.387 e. The highest BCUT2D eigenvalue weighted by Crippen LogP contribution is 2.55. The van der Waals surface area contributed by atoms with Crippen LogP contribution in [-0.2, 0) is 24.0 Å². The first-order valence-corrected chi connectivity index (χ1v) is 11.6. The third kappa shape index (κ3) is 4.28. The van der Waals surface area contributed by atoms with Crippen molar-refractivity contribution in [1.29, 1.82) is 0 Å². The normalized spacial score (nSPS) is 27.9. The summed E-state index contributed by atoms with van der Waals surface area (Å²) < 4.78 is 33.9. The van der Waals surface area contributed by atoms with Gasteiger partial charge in [0, 0.05) is 6.42 Å². The van der Waals surface area contributed by atoms with Crippen molar-refractivity contribution < 1.29 is 43.3 Å². The minimum atomic E-state index is -4.73. The Morgan fingerprint density at radius 1 is 1.36 bits per heavy atom. The van der Waals surface area contributed by atoms with Gasteiger partial charge in [0.1, 0.15) is 17.9 Å². The molecule has 2 aromatic heterocycles. The Balaban J connectivity index is 1.69. The lowest BCUT2D eigenvalue weighted by atomic mass is 9.92. The molecule has 1 unspecified atom stereocenters. The second kappa shape index (κ2) is 7.45. The molecule has 13 nitrogen and oxygen atoms in total. The van der Waals surface area contributed by atoms with Crippen molar-refractivity contribution in [1.82, 2.24) is 14.6 Å². The number of ether oxygens (including phenoxy) is 1. The molecule has 7 N–H and O–H groups in total. The lowest BCUT2D eigenvalue weighted by Gasteiger charge is -2.26. The van der Waals surface area contributed by atoms with Crippen LogP contribution in [0.15, 0.2) is 18.5 Å². The second-order valence-corrected chi connectivity index (χ2v) is 10.4. The van der Waals surface area contributed by atoms with E-state index in [4.69, 9.17) is 20.3 Å². The zero-order valence-electron chi connectivity index (χ0n) is 14.4. The molecule has 2 aromatic rings. The molecule has 3 rings (SSSR count). The van der Waals surface area contributed by atoms with Crippen molar-refractivity contribution >= 4 is 26.5 Å². The zero-order valence-corrected chi connectivity index (χ0v) is 16.2. The van der Waals surface area contributed by atoms with E-state index in [0.29, 0.717) is 5.52 Å². The van der Waals surface area contributed by atoms with Crippen LogP contribution >= 0.6 is 15.2 Å². The van der Waals surface area contributed by atoms with Gasteiger partial charge >= 0.3 is 15.2 Å². The third-order valence-electron chi connectivity index (χ3n) is 4.34. The summed E-state index contributed by atoms with van der Waals surface area (Å²) >= 11 is 0. The minimum absolute atomic E-state index is 0.102. The molecule has 1 fully saturated rings. The fourth-order valence-electron chi connectivity index (χ4n) is 3.05. The molecule has 3 heterocycles. The summed E-state index contributed by atoms with van der Waals surface area (Å²) in [6, 6.07) is 3.10. The van der Waals surface area contributed by atoms with Gasteiger partial charge in [0.05, 0.1) is 25.0 Å². The fourth-order valence-corrected chi connectivity index (χ4v) is 5.63. The molecule has 1 aliphatic rings. The Bertz CT molecular complexity index is 963. The van der Waals surface area contributed by atoms with E-state index in [1.54, 1.807) is 6.07 Å². The lowest BCUT2D eigenvalue weighted by molar-refractivity contribution is -0.0599. The highest BCUT2D eigenvalue weighted by Gasteiger charge is 2.50. The van der Waals surface area contributed by atoms with Crippen molar-refractivity contribution in [2.75, 3.05) is 24.9 Å². The number of nitrogens with zero attached hydrogens (tertiary/aromatic N) is 3. The quantitative estimate of drug-likeness (QED) is 0.287. The molecular weight excluding hydrogens is 418 g/mol. The molecule has 28 heavy (non-hydrogen) atoms. The Hall–Kier alpha value is -1.40. The first kappa shape index (κ1) is 21.3. The predicted molar refractivity (Wildman–Crippen MR) is 94.3 cm³/mol. The van der Waals surface area contributed by atoms with Gasteiger partial charge in [-0.25, -0.2) is 9.50 Å². The number of rotatable bonds is 7. The Labute approximate surface area is 158 Å². The summed E-state index contributed by atoms with van der Waals surface area (Å²) in [4.78, 5) is 30.8. The van der Waals surface area contributed by atoms with E-state index in [9.17, 15) is 24.2 Å². The van der Waals surface area contributed by atoms with Crippen molar-refractivity contribution in [3.8, 4) is 0 Å². The van der Waals surface area contributed by atoms with Crippen LogP contribution in [0.5, 0.6) is 0 Å². The van der Waals surface area contributed by atoms with Gasteiger partial charge < -0.3 is 39.9 Å². The van der Waals surface area contributed by atoms with Crippen LogP contribution in [0, 0.1) is 0 Å². The van der Waals surface area contributed by atoms with Crippen LogP contribution in [0.4, 0.5) is 5.82 Å². The summed E-state index contributed by atoms with van der Waals surface area (Å²) in [6.45, 7) is -0.705. The number of nitrogen functional groups attached to an aromatic ring is 1. The van der Waals surface area contributed by atoms with Crippen LogP contribution in [0.3, 0.4) is 0 Å². The van der Waals surface area contributed by atoms with Gasteiger partial charge in [-0.2, -0.15) is 5.10 Å². The summed E-state index contributed by atoms with van der Waals surface area (Å²) in [5.74, 6) is -1.12. The van der Waals surface area contributed by atoms with E-state index in [-0.39, 0.29) is 24.5 Å². The number of nitrogens with two attached hydrogens (primary N) is 1. The standard InChI is InChI=1S/C13H20N4O9P2/c14-12-8-1-2-10(17(8)16-6-15-12)13(19)5-25-9(11(13)18)3-4-26-28(23,24)7-27(20,21)22/h1-2,6,9,11,18-19H,3-5,7H2,(H,23,24)(H2,14,15,16)(H2,20,21,22)/t9-,11-,13+/m1/s1. The Morgan fingerprint density at radius 2 is 2.07 bits per heavy atom. The smallest absolute Gasteiger partial charge is 0.340 e. The van der Waals surface area contributed by atoms with Crippen LogP contribution in [0.2, 0.25) is 0 Å². The molecule has 0 bridgehead atoms. The first-order chi connectivity index (χ1) is 12.9. The van der Waals surface area contributed by atoms with Crippen LogP contribution in [0.1, 0.15) is 12.1 Å². The number of aliphatic hydroxyl groups is 2. The van der Waals surface area contributed by atoms with Crippen LogP contribution < -0.4 is 5.73 Å². The average Bonchev–Trinajstić information content (AvgIpc) is 3.11. The zero-order chi connectivity index (χ0) is 20.7. The Kier molecular flexibility index (Phi) is 5.67. The van der Waals surface area contributed by atoms with Gasteiger partial charge in [-0.1, -0.05) is 0 Å². The van der Waals surface area contributed by atoms with E-state index in [2.05, 4.69) is 14.6 Å². The SMILES string of the molecule is Nc1ncnn2c([C@@]3(O)CO[C@H](CCOP(=O)(O)CP(=O)(O)O)[C@H]3O)ccc12. The number of fused-ring (bicyclic) bond motifs is 1. The number of aliphatic hydroxyl groups excluding tert-OH is 1. The van der Waals surface area contributed by atoms with Crippen LogP contribution in [-0.4, -0.2) is 70.8 Å². The molecule has 0 saturated carbocycles. The van der Waals surface area contributed by atoms with E-state index in [1.165, 1.54) is 16.9 Å². The summed E-state index contributed by atoms with van der Waals surface area (Å²) in [7, 11) is -9.24. The van der Waals surface area contributed by atoms with Crippen molar-refractivity contribution in [3.05, 3.63) is 24.2 Å². The molecule has 1 aliphatic heterocycles. The fraction of sp³-hybridized carbons (Fsp3) is 0.538. The molecule has 1 saturated heterocycles. The highest BCUT2D eigenvalue weighted by atomic mass is 31.2. The van der Waals surface area contributed by atoms with Gasteiger partial charge in [-0.3, -0.25) is 9.13 Å². The topological polar surface area (TPSA) is 210 Å². The van der Waals surface area contributed by atoms with Crippen molar-refractivity contribution in [2.45, 2.75) is 24.2 Å². The minimum Gasteiger partial charge on any atom is -0.387 e. The molecular formula is C13H20N4O9P2.